The fourth-order valence-corrected chi connectivity index (χ4v) is 3.37. The molecule has 3 rings (SSSR count). The number of rotatable bonds is 6. The number of hydrogen-bond acceptors (Lipinski definition) is 4. The Morgan fingerprint density at radius 3 is 2.92 bits per heavy atom. The van der Waals surface area contributed by atoms with Crippen LogP contribution in [0.4, 0.5) is 8.78 Å². The van der Waals surface area contributed by atoms with Crippen molar-refractivity contribution in [3.05, 3.63) is 53.6 Å². The molecule has 2 aromatic rings. The van der Waals surface area contributed by atoms with Crippen LogP contribution in [0.1, 0.15) is 30.1 Å². The molecule has 0 radical (unpaired) electrons. The molecule has 0 saturated heterocycles. The van der Waals surface area contributed by atoms with E-state index >= 15 is 0 Å². The Balaban J connectivity index is 1.46. The molecular weight excluding hydrogens is 326 g/mol. The Hall–Kier alpha value is -2.12. The standard InChI is InChI=1S/C18H22F2N4O/c1-24-11-22-23-18(24)13-7-14(17(25)8-13)10-21-6-2-3-12-4-5-15(19)9-16(12)20/h2-5,9,11,13-14,17,21,25H,6-8,10H2,1H3/b3-2+/t13-,14+,17+/m0/s1. The first-order valence-electron chi connectivity index (χ1n) is 8.39. The smallest absolute Gasteiger partial charge is 0.135 e. The van der Waals surface area contributed by atoms with Crippen molar-refractivity contribution in [1.29, 1.82) is 0 Å². The third kappa shape index (κ3) is 4.29. The lowest BCUT2D eigenvalue weighted by atomic mass is 10.0. The molecule has 134 valence electrons. The highest BCUT2D eigenvalue weighted by Gasteiger charge is 2.35. The van der Waals surface area contributed by atoms with Crippen LogP contribution in [0.25, 0.3) is 6.08 Å². The topological polar surface area (TPSA) is 63.0 Å². The van der Waals surface area contributed by atoms with Gasteiger partial charge < -0.3 is 15.0 Å². The number of nitrogens with zero attached hydrogens (tertiary/aromatic N) is 3. The highest BCUT2D eigenvalue weighted by Crippen LogP contribution is 2.37. The summed E-state index contributed by atoms with van der Waals surface area (Å²) in [4.78, 5) is 0. The van der Waals surface area contributed by atoms with E-state index < -0.39 is 11.6 Å². The van der Waals surface area contributed by atoms with Crippen LogP contribution < -0.4 is 5.32 Å². The lowest BCUT2D eigenvalue weighted by Crippen LogP contribution is -2.27. The van der Waals surface area contributed by atoms with Crippen LogP contribution in [0, 0.1) is 17.6 Å². The minimum absolute atomic E-state index is 0.151. The maximum absolute atomic E-state index is 13.5. The normalized spacial score (nSPS) is 23.6. The first-order chi connectivity index (χ1) is 12.0. The average Bonchev–Trinajstić information content (AvgIpc) is 3.15. The Labute approximate surface area is 145 Å². The zero-order valence-corrected chi connectivity index (χ0v) is 14.1. The van der Waals surface area contributed by atoms with E-state index in [0.29, 0.717) is 25.1 Å². The van der Waals surface area contributed by atoms with Gasteiger partial charge in [0.25, 0.3) is 0 Å². The first-order valence-corrected chi connectivity index (χ1v) is 8.39. The van der Waals surface area contributed by atoms with Crippen LogP contribution in [0.15, 0.2) is 30.6 Å². The molecule has 7 heteroatoms. The highest BCUT2D eigenvalue weighted by atomic mass is 19.1. The van der Waals surface area contributed by atoms with E-state index in [1.165, 1.54) is 12.1 Å². The number of aryl methyl sites for hydroxylation is 1. The summed E-state index contributed by atoms with van der Waals surface area (Å²) in [7, 11) is 1.91. The molecule has 0 amide bonds. The molecule has 0 spiro atoms. The Bertz CT molecular complexity index is 746. The lowest BCUT2D eigenvalue weighted by Gasteiger charge is -2.14. The van der Waals surface area contributed by atoms with Crippen LogP contribution in [0.2, 0.25) is 0 Å². The molecule has 1 aromatic carbocycles. The van der Waals surface area contributed by atoms with Gasteiger partial charge in [-0.3, -0.25) is 0 Å². The van der Waals surface area contributed by atoms with E-state index in [9.17, 15) is 13.9 Å². The summed E-state index contributed by atoms with van der Waals surface area (Å²) in [6.07, 6.45) is 6.26. The number of benzene rings is 1. The van der Waals surface area contributed by atoms with E-state index in [1.807, 2.05) is 11.6 Å². The molecule has 0 bridgehead atoms. The monoisotopic (exact) mass is 348 g/mol. The first kappa shape index (κ1) is 17.7. The second kappa shape index (κ2) is 7.84. The lowest BCUT2D eigenvalue weighted by molar-refractivity contribution is 0.131. The molecule has 1 saturated carbocycles. The minimum Gasteiger partial charge on any atom is -0.393 e. The fourth-order valence-electron chi connectivity index (χ4n) is 3.37. The summed E-state index contributed by atoms with van der Waals surface area (Å²) < 4.78 is 28.3. The Morgan fingerprint density at radius 1 is 1.36 bits per heavy atom. The van der Waals surface area contributed by atoms with Crippen molar-refractivity contribution in [2.24, 2.45) is 13.0 Å². The van der Waals surface area contributed by atoms with E-state index in [2.05, 4.69) is 15.5 Å². The van der Waals surface area contributed by atoms with E-state index in [-0.39, 0.29) is 17.9 Å². The third-order valence-electron chi connectivity index (χ3n) is 4.70. The molecule has 0 aliphatic heterocycles. The van der Waals surface area contributed by atoms with Gasteiger partial charge in [-0.25, -0.2) is 8.78 Å². The van der Waals surface area contributed by atoms with Gasteiger partial charge in [0.15, 0.2) is 0 Å². The van der Waals surface area contributed by atoms with Crippen LogP contribution in [0.3, 0.4) is 0 Å². The highest BCUT2D eigenvalue weighted by molar-refractivity contribution is 5.49. The largest absolute Gasteiger partial charge is 0.393 e. The molecule has 3 atom stereocenters. The molecule has 0 unspecified atom stereocenters. The fraction of sp³-hybridized carbons (Fsp3) is 0.444. The van der Waals surface area contributed by atoms with Gasteiger partial charge in [0.05, 0.1) is 6.10 Å². The third-order valence-corrected chi connectivity index (χ3v) is 4.70. The van der Waals surface area contributed by atoms with Crippen molar-refractivity contribution in [2.45, 2.75) is 24.9 Å². The van der Waals surface area contributed by atoms with Gasteiger partial charge in [0.2, 0.25) is 0 Å². The molecule has 25 heavy (non-hydrogen) atoms. The summed E-state index contributed by atoms with van der Waals surface area (Å²) in [5.41, 5.74) is 0.353. The Kier molecular flexibility index (Phi) is 5.55. The van der Waals surface area contributed by atoms with Crippen molar-refractivity contribution in [1.82, 2.24) is 20.1 Å². The van der Waals surface area contributed by atoms with Crippen molar-refractivity contribution < 1.29 is 13.9 Å². The molecule has 2 N–H and O–H groups in total. The second-order valence-corrected chi connectivity index (χ2v) is 6.52. The van der Waals surface area contributed by atoms with Crippen LogP contribution in [0.5, 0.6) is 0 Å². The van der Waals surface area contributed by atoms with Crippen LogP contribution in [-0.2, 0) is 7.05 Å². The van der Waals surface area contributed by atoms with Crippen molar-refractivity contribution in [3.63, 3.8) is 0 Å². The zero-order valence-electron chi connectivity index (χ0n) is 14.1. The number of aliphatic hydroxyl groups is 1. The van der Waals surface area contributed by atoms with Crippen LogP contribution in [-0.4, -0.2) is 39.1 Å². The van der Waals surface area contributed by atoms with Gasteiger partial charge in [-0.2, -0.15) is 0 Å². The Morgan fingerprint density at radius 2 is 2.20 bits per heavy atom. The second-order valence-electron chi connectivity index (χ2n) is 6.52. The van der Waals surface area contributed by atoms with E-state index in [4.69, 9.17) is 0 Å². The van der Waals surface area contributed by atoms with Gasteiger partial charge in [0, 0.05) is 37.7 Å². The molecule has 1 aliphatic carbocycles. The molecule has 5 nitrogen and oxygen atoms in total. The average molecular weight is 348 g/mol. The van der Waals surface area contributed by atoms with Crippen LogP contribution >= 0.6 is 0 Å². The number of hydrogen-bond donors (Lipinski definition) is 2. The van der Waals surface area contributed by atoms with Crippen molar-refractivity contribution in [2.75, 3.05) is 13.1 Å². The summed E-state index contributed by atoms with van der Waals surface area (Å²) in [5.74, 6) is 0.124. The zero-order chi connectivity index (χ0) is 17.8. The number of aromatic nitrogens is 3. The predicted molar refractivity (Wildman–Crippen MR) is 90.7 cm³/mol. The quantitative estimate of drug-likeness (QED) is 0.786. The van der Waals surface area contributed by atoms with Crippen molar-refractivity contribution >= 4 is 6.08 Å². The van der Waals surface area contributed by atoms with Gasteiger partial charge in [-0.05, 0) is 30.9 Å². The molecule has 1 fully saturated rings. The number of nitrogens with one attached hydrogen (secondary N) is 1. The van der Waals surface area contributed by atoms with Gasteiger partial charge in [-0.15, -0.1) is 10.2 Å². The van der Waals surface area contributed by atoms with Crippen molar-refractivity contribution in [3.8, 4) is 0 Å². The van der Waals surface area contributed by atoms with Gasteiger partial charge in [-0.1, -0.05) is 12.2 Å². The van der Waals surface area contributed by atoms with E-state index in [1.54, 1.807) is 18.5 Å². The van der Waals surface area contributed by atoms with Gasteiger partial charge >= 0.3 is 0 Å². The minimum atomic E-state index is -0.583. The summed E-state index contributed by atoms with van der Waals surface area (Å²) >= 11 is 0. The molecule has 1 heterocycles. The summed E-state index contributed by atoms with van der Waals surface area (Å²) in [5, 5.41) is 21.5. The van der Waals surface area contributed by atoms with E-state index in [0.717, 1.165) is 18.3 Å². The van der Waals surface area contributed by atoms with Gasteiger partial charge in [0.1, 0.15) is 23.8 Å². The predicted octanol–water partition coefficient (Wildman–Crippen LogP) is 2.25. The number of aliphatic hydroxyl groups excluding tert-OH is 1. The SMILES string of the molecule is Cn1cnnc1[C@H]1C[C@H](CNC/C=C/c2ccc(F)cc2F)[C@H](O)C1. The molecular formula is C18H22F2N4O. The maximum Gasteiger partial charge on any atom is 0.135 e. The molecule has 1 aliphatic rings. The summed E-state index contributed by atoms with van der Waals surface area (Å²) in [6, 6.07) is 3.51. The molecule has 1 aromatic heterocycles. The maximum atomic E-state index is 13.5. The number of halogens is 2. The summed E-state index contributed by atoms with van der Waals surface area (Å²) in [6.45, 7) is 1.22.